The number of hydrogen-bond acceptors (Lipinski definition) is 4. The van der Waals surface area contributed by atoms with E-state index < -0.39 is 0 Å². The second-order valence-corrected chi connectivity index (χ2v) is 7.69. The number of rotatable bonds is 6. The van der Waals surface area contributed by atoms with Crippen LogP contribution >= 0.6 is 11.3 Å². The van der Waals surface area contributed by atoms with Crippen molar-refractivity contribution in [3.8, 4) is 10.6 Å². The van der Waals surface area contributed by atoms with Gasteiger partial charge in [0.05, 0.1) is 10.2 Å². The van der Waals surface area contributed by atoms with Crippen molar-refractivity contribution in [2.24, 2.45) is 0 Å². The predicted molar refractivity (Wildman–Crippen MR) is 108 cm³/mol. The van der Waals surface area contributed by atoms with Gasteiger partial charge in [0.2, 0.25) is 5.91 Å². The zero-order chi connectivity index (χ0) is 18.6. The summed E-state index contributed by atoms with van der Waals surface area (Å²) < 4.78 is 1.00. The third-order valence-corrected chi connectivity index (χ3v) is 5.80. The first-order chi connectivity index (χ1) is 13.2. The molecule has 1 aromatic heterocycles. The van der Waals surface area contributed by atoms with Gasteiger partial charge in [-0.15, -0.1) is 11.3 Å². The monoisotopic (exact) mass is 379 g/mol. The largest absolute Gasteiger partial charge is 0.352 e. The summed E-state index contributed by atoms with van der Waals surface area (Å²) in [7, 11) is 0. The van der Waals surface area contributed by atoms with E-state index in [-0.39, 0.29) is 11.8 Å². The van der Waals surface area contributed by atoms with Gasteiger partial charge in [-0.3, -0.25) is 9.59 Å². The molecular formula is C21H21N3O2S. The second kappa shape index (κ2) is 7.88. The van der Waals surface area contributed by atoms with E-state index in [1.807, 2.05) is 53.4 Å². The molecule has 1 saturated heterocycles. The fourth-order valence-corrected chi connectivity index (χ4v) is 4.29. The van der Waals surface area contributed by atoms with Crippen LogP contribution in [0.3, 0.4) is 0 Å². The van der Waals surface area contributed by atoms with Crippen molar-refractivity contribution in [1.29, 1.82) is 0 Å². The van der Waals surface area contributed by atoms with Crippen LogP contribution in [0.25, 0.3) is 20.8 Å². The Morgan fingerprint density at radius 2 is 2.04 bits per heavy atom. The molecule has 0 spiro atoms. The fraction of sp³-hybridized carbons (Fsp3) is 0.286. The van der Waals surface area contributed by atoms with E-state index in [1.54, 1.807) is 11.3 Å². The number of likely N-dealkylation sites (tertiary alicyclic amines) is 1. The Kier molecular flexibility index (Phi) is 5.16. The van der Waals surface area contributed by atoms with Crippen LogP contribution < -0.4 is 5.32 Å². The average Bonchev–Trinajstić information content (AvgIpc) is 3.31. The van der Waals surface area contributed by atoms with Crippen molar-refractivity contribution in [3.63, 3.8) is 0 Å². The number of carbonyl (C=O) groups excluding carboxylic acids is 2. The maximum absolute atomic E-state index is 12.4. The average molecular weight is 379 g/mol. The maximum Gasteiger partial charge on any atom is 0.251 e. The minimum Gasteiger partial charge on any atom is -0.352 e. The lowest BCUT2D eigenvalue weighted by Gasteiger charge is -2.15. The normalized spacial score (nSPS) is 14.1. The molecule has 0 aliphatic carbocycles. The minimum absolute atomic E-state index is 0.0840. The molecule has 2 amide bonds. The summed E-state index contributed by atoms with van der Waals surface area (Å²) in [6.45, 7) is 2.13. The summed E-state index contributed by atoms with van der Waals surface area (Å²) in [4.78, 5) is 30.5. The summed E-state index contributed by atoms with van der Waals surface area (Å²) in [5.74, 6) is 0.144. The zero-order valence-corrected chi connectivity index (χ0v) is 15.8. The van der Waals surface area contributed by atoms with E-state index in [0.29, 0.717) is 25.1 Å². The predicted octanol–water partition coefficient (Wildman–Crippen LogP) is 3.71. The standard InChI is InChI=1S/C21H21N3O2S/c25-19-8-4-12-24(19)13-5-11-22-20(26)16-9-10-17-18(14-16)27-21(23-17)15-6-2-1-3-7-15/h1-3,6-7,9-10,14H,4-5,8,11-13H2,(H,22,26). The van der Waals surface area contributed by atoms with Gasteiger partial charge in [-0.1, -0.05) is 30.3 Å². The smallest absolute Gasteiger partial charge is 0.251 e. The SMILES string of the molecule is O=C(NCCCN1CCCC1=O)c1ccc2nc(-c3ccccc3)sc2c1. The second-order valence-electron chi connectivity index (χ2n) is 6.66. The Balaban J connectivity index is 1.38. The first-order valence-electron chi connectivity index (χ1n) is 9.23. The molecule has 1 fully saturated rings. The van der Waals surface area contributed by atoms with Crippen LogP contribution in [0.4, 0.5) is 0 Å². The quantitative estimate of drug-likeness (QED) is 0.664. The molecule has 0 atom stereocenters. The topological polar surface area (TPSA) is 62.3 Å². The fourth-order valence-electron chi connectivity index (χ4n) is 3.28. The van der Waals surface area contributed by atoms with Crippen molar-refractivity contribution in [2.45, 2.75) is 19.3 Å². The summed E-state index contributed by atoms with van der Waals surface area (Å²) in [5.41, 5.74) is 2.63. The van der Waals surface area contributed by atoms with E-state index in [1.165, 1.54) is 0 Å². The van der Waals surface area contributed by atoms with Gasteiger partial charge >= 0.3 is 0 Å². The summed E-state index contributed by atoms with van der Waals surface area (Å²) >= 11 is 1.59. The lowest BCUT2D eigenvalue weighted by Crippen LogP contribution is -2.30. The highest BCUT2D eigenvalue weighted by Crippen LogP contribution is 2.30. The Morgan fingerprint density at radius 1 is 1.19 bits per heavy atom. The van der Waals surface area contributed by atoms with E-state index in [2.05, 4.69) is 10.3 Å². The van der Waals surface area contributed by atoms with Gasteiger partial charge in [0.15, 0.2) is 0 Å². The van der Waals surface area contributed by atoms with E-state index in [4.69, 9.17) is 0 Å². The number of carbonyl (C=O) groups is 2. The Labute approximate surface area is 162 Å². The summed E-state index contributed by atoms with van der Waals surface area (Å²) in [6.07, 6.45) is 2.38. The van der Waals surface area contributed by atoms with Gasteiger partial charge in [0.25, 0.3) is 5.91 Å². The first kappa shape index (κ1) is 17.7. The highest BCUT2D eigenvalue weighted by Gasteiger charge is 2.19. The maximum atomic E-state index is 12.4. The van der Waals surface area contributed by atoms with Gasteiger partial charge in [-0.2, -0.15) is 0 Å². The lowest BCUT2D eigenvalue weighted by molar-refractivity contribution is -0.127. The van der Waals surface area contributed by atoms with Crippen LogP contribution in [-0.2, 0) is 4.79 Å². The Hall–Kier alpha value is -2.73. The van der Waals surface area contributed by atoms with Crippen LogP contribution in [0.1, 0.15) is 29.6 Å². The third kappa shape index (κ3) is 4.01. The van der Waals surface area contributed by atoms with Gasteiger partial charge in [0, 0.05) is 37.2 Å². The number of amides is 2. The zero-order valence-electron chi connectivity index (χ0n) is 15.0. The number of nitrogens with zero attached hydrogens (tertiary/aromatic N) is 2. The lowest BCUT2D eigenvalue weighted by atomic mass is 10.2. The molecule has 0 bridgehead atoms. The molecule has 5 nitrogen and oxygen atoms in total. The van der Waals surface area contributed by atoms with Crippen molar-refractivity contribution < 1.29 is 9.59 Å². The number of aromatic nitrogens is 1. The van der Waals surface area contributed by atoms with Crippen LogP contribution in [0.5, 0.6) is 0 Å². The van der Waals surface area contributed by atoms with Crippen molar-refractivity contribution in [3.05, 3.63) is 54.1 Å². The molecule has 1 aliphatic rings. The molecule has 1 N–H and O–H groups in total. The molecule has 2 heterocycles. The highest BCUT2D eigenvalue weighted by molar-refractivity contribution is 7.21. The van der Waals surface area contributed by atoms with Gasteiger partial charge in [0.1, 0.15) is 5.01 Å². The number of hydrogen-bond donors (Lipinski definition) is 1. The molecule has 0 saturated carbocycles. The number of thiazole rings is 1. The molecular weight excluding hydrogens is 358 g/mol. The first-order valence-corrected chi connectivity index (χ1v) is 10.0. The van der Waals surface area contributed by atoms with E-state index in [9.17, 15) is 9.59 Å². The highest BCUT2D eigenvalue weighted by atomic mass is 32.1. The van der Waals surface area contributed by atoms with Gasteiger partial charge in [-0.05, 0) is 31.0 Å². The van der Waals surface area contributed by atoms with Crippen molar-refractivity contribution in [1.82, 2.24) is 15.2 Å². The van der Waals surface area contributed by atoms with Crippen LogP contribution in [-0.4, -0.2) is 41.3 Å². The molecule has 0 unspecified atom stereocenters. The Bertz CT molecular complexity index is 968. The van der Waals surface area contributed by atoms with Crippen molar-refractivity contribution in [2.75, 3.05) is 19.6 Å². The van der Waals surface area contributed by atoms with E-state index >= 15 is 0 Å². The molecule has 0 radical (unpaired) electrons. The van der Waals surface area contributed by atoms with Gasteiger partial charge in [-0.25, -0.2) is 4.98 Å². The molecule has 2 aromatic carbocycles. The molecule has 4 rings (SSSR count). The number of nitrogens with one attached hydrogen (secondary N) is 1. The molecule has 6 heteroatoms. The van der Waals surface area contributed by atoms with E-state index in [0.717, 1.165) is 40.2 Å². The van der Waals surface area contributed by atoms with Gasteiger partial charge < -0.3 is 10.2 Å². The van der Waals surface area contributed by atoms with Crippen LogP contribution in [0.2, 0.25) is 0 Å². The van der Waals surface area contributed by atoms with Crippen LogP contribution in [0, 0.1) is 0 Å². The summed E-state index contributed by atoms with van der Waals surface area (Å²) in [6, 6.07) is 15.7. The van der Waals surface area contributed by atoms with Crippen molar-refractivity contribution >= 4 is 33.4 Å². The minimum atomic E-state index is -0.0840. The molecule has 1 aliphatic heterocycles. The Morgan fingerprint density at radius 3 is 2.81 bits per heavy atom. The number of benzene rings is 2. The van der Waals surface area contributed by atoms with Crippen LogP contribution in [0.15, 0.2) is 48.5 Å². The molecule has 3 aromatic rings. The molecule has 27 heavy (non-hydrogen) atoms. The third-order valence-electron chi connectivity index (χ3n) is 4.73. The number of fused-ring (bicyclic) bond motifs is 1. The summed E-state index contributed by atoms with van der Waals surface area (Å²) in [5, 5.41) is 3.91. The molecule has 138 valence electrons.